The van der Waals surface area contributed by atoms with E-state index in [2.05, 4.69) is 26.6 Å². The lowest BCUT2D eigenvalue weighted by molar-refractivity contribution is -0.157. The minimum atomic E-state index is -1.01. The molecule has 2 aromatic carbocycles. The van der Waals surface area contributed by atoms with Gasteiger partial charge in [-0.15, -0.1) is 0 Å². The van der Waals surface area contributed by atoms with Gasteiger partial charge in [-0.3, -0.25) is 68.4 Å². The van der Waals surface area contributed by atoms with E-state index < -0.39 is 70.5 Å². The Hall–Kier alpha value is -6.06. The van der Waals surface area contributed by atoms with Crippen LogP contribution in [0.25, 0.3) is 0 Å². The van der Waals surface area contributed by atoms with Gasteiger partial charge in [-0.2, -0.15) is 0 Å². The molecule has 4 aliphatic heterocycles. The van der Waals surface area contributed by atoms with Crippen molar-refractivity contribution in [3.63, 3.8) is 0 Å². The normalized spacial score (nSPS) is 17.0. The van der Waals surface area contributed by atoms with Crippen molar-refractivity contribution in [2.75, 3.05) is 38.4 Å². The lowest BCUT2D eigenvalue weighted by Crippen LogP contribution is -2.54. The van der Waals surface area contributed by atoms with E-state index in [1.54, 1.807) is 12.1 Å². The average molecular weight is 1120 g/mol. The summed E-state index contributed by atoms with van der Waals surface area (Å²) in [7, 11) is 0. The van der Waals surface area contributed by atoms with Crippen LogP contribution in [-0.4, -0.2) is 136 Å². The number of alkyl halides is 1. The number of unbranched alkanes of at least 4 members (excludes halogenated alkanes) is 6. The monoisotopic (exact) mass is 1120 g/mol. The molecule has 2 fully saturated rings. The van der Waals surface area contributed by atoms with Crippen molar-refractivity contribution >= 4 is 75.1 Å². The first kappa shape index (κ1) is 65.1. The van der Waals surface area contributed by atoms with Crippen LogP contribution in [0.1, 0.15) is 188 Å². The number of carbonyl (C=O) groups is 10. The Kier molecular flexibility index (Phi) is 27.0. The van der Waals surface area contributed by atoms with Crippen LogP contribution in [0.4, 0.5) is 0 Å². The zero-order chi connectivity index (χ0) is 53.9. The minimum Gasteiger partial charge on any atom is -0.507 e. The van der Waals surface area contributed by atoms with Crippen LogP contribution in [-0.2, 0) is 47.7 Å². The molecule has 0 saturated carbocycles. The summed E-state index contributed by atoms with van der Waals surface area (Å²) in [6, 6.07) is 6.97. The first-order valence-corrected chi connectivity index (χ1v) is 25.8. The molecule has 4 aliphatic rings. The van der Waals surface area contributed by atoms with Crippen molar-refractivity contribution in [2.24, 2.45) is 0 Å². The summed E-state index contributed by atoms with van der Waals surface area (Å²) in [5.74, 6) is -5.06. The average Bonchev–Trinajstić information content (AvgIpc) is 3.71. The number of halogens is 1. The molecule has 2 atom stereocenters. The quantitative estimate of drug-likeness (QED) is 0.0445. The SMILES string of the molecule is C.C.CC(C)(C)OC(=O)CCOCCCCCCBr.CC(C)(C)OC(=O)CCOCCCCCCOc1cccc2c1C(=O)N(C1CCC(=O)NC1=O)C2=O.O=C1CCC(N2C(=O)c3cccc(O)c3C2=O)C(=O)N1. The van der Waals surface area contributed by atoms with E-state index in [9.17, 15) is 53.1 Å². The smallest absolute Gasteiger partial charge is 0.308 e. The molecular weight excluding hydrogens is 1040 g/mol. The van der Waals surface area contributed by atoms with E-state index in [1.807, 2.05) is 41.5 Å². The zero-order valence-corrected chi connectivity index (χ0v) is 44.2. The van der Waals surface area contributed by atoms with E-state index in [0.717, 1.165) is 53.8 Å². The molecular formula is C54H77BrN4O16. The van der Waals surface area contributed by atoms with Crippen LogP contribution in [0.5, 0.6) is 11.5 Å². The molecule has 4 heterocycles. The van der Waals surface area contributed by atoms with Crippen LogP contribution < -0.4 is 15.4 Å². The van der Waals surface area contributed by atoms with E-state index in [0.29, 0.717) is 38.6 Å². The molecule has 0 spiro atoms. The van der Waals surface area contributed by atoms with E-state index in [4.69, 9.17) is 23.7 Å². The lowest BCUT2D eigenvalue weighted by atomic mass is 10.0. The van der Waals surface area contributed by atoms with Gasteiger partial charge in [0.25, 0.3) is 23.6 Å². The number of nitrogens with zero attached hydrogens (tertiary/aromatic N) is 2. The Bertz CT molecular complexity index is 2340. The number of carbonyl (C=O) groups excluding carboxylic acids is 10. The van der Waals surface area contributed by atoms with Gasteiger partial charge < -0.3 is 28.8 Å². The molecule has 0 aliphatic carbocycles. The number of piperidine rings is 2. The topological polar surface area (TPSA) is 268 Å². The van der Waals surface area contributed by atoms with Crippen molar-refractivity contribution in [1.82, 2.24) is 20.4 Å². The van der Waals surface area contributed by atoms with Crippen molar-refractivity contribution in [2.45, 2.75) is 170 Å². The number of fused-ring (bicyclic) bond motifs is 2. The molecule has 2 saturated heterocycles. The Morgan fingerprint density at radius 2 is 0.987 bits per heavy atom. The molecule has 75 heavy (non-hydrogen) atoms. The van der Waals surface area contributed by atoms with Gasteiger partial charge in [0.1, 0.15) is 34.8 Å². The van der Waals surface area contributed by atoms with Gasteiger partial charge in [-0.1, -0.05) is 62.2 Å². The lowest BCUT2D eigenvalue weighted by Gasteiger charge is -2.27. The largest absolute Gasteiger partial charge is 0.507 e. The van der Waals surface area contributed by atoms with Crippen LogP contribution in [0.3, 0.4) is 0 Å². The van der Waals surface area contributed by atoms with Gasteiger partial charge in [-0.05, 0) is 111 Å². The summed E-state index contributed by atoms with van der Waals surface area (Å²) in [5, 5.41) is 15.1. The summed E-state index contributed by atoms with van der Waals surface area (Å²) in [5.41, 5.74) is -0.556. The second-order valence-electron chi connectivity index (χ2n) is 19.5. The van der Waals surface area contributed by atoms with E-state index >= 15 is 0 Å². The molecule has 2 unspecified atom stereocenters. The fraction of sp³-hybridized carbons (Fsp3) is 0.593. The summed E-state index contributed by atoms with van der Waals surface area (Å²) < 4.78 is 27.1. The number of aromatic hydroxyl groups is 1. The van der Waals surface area contributed by atoms with Gasteiger partial charge in [0.2, 0.25) is 23.6 Å². The highest BCUT2D eigenvalue weighted by Crippen LogP contribution is 2.35. The van der Waals surface area contributed by atoms with Crippen molar-refractivity contribution in [1.29, 1.82) is 0 Å². The first-order valence-electron chi connectivity index (χ1n) is 24.7. The fourth-order valence-corrected chi connectivity index (χ4v) is 8.29. The Balaban J connectivity index is 0.000000418. The predicted octanol–water partition coefficient (Wildman–Crippen LogP) is 7.53. The number of nitrogens with one attached hydrogen (secondary N) is 2. The predicted molar refractivity (Wildman–Crippen MR) is 280 cm³/mol. The second kappa shape index (κ2) is 31.1. The van der Waals surface area contributed by atoms with Gasteiger partial charge in [0, 0.05) is 31.4 Å². The summed E-state index contributed by atoms with van der Waals surface area (Å²) in [6.45, 7) is 13.6. The molecule has 416 valence electrons. The molecule has 21 heteroatoms. The zero-order valence-electron chi connectivity index (χ0n) is 42.6. The second-order valence-corrected chi connectivity index (χ2v) is 20.3. The summed E-state index contributed by atoms with van der Waals surface area (Å²) in [6.07, 6.45) is 9.05. The molecule has 2 aromatic rings. The highest BCUT2D eigenvalue weighted by molar-refractivity contribution is 9.09. The van der Waals surface area contributed by atoms with Crippen molar-refractivity contribution in [3.8, 4) is 11.5 Å². The van der Waals surface area contributed by atoms with Crippen LogP contribution in [0.2, 0.25) is 0 Å². The maximum absolute atomic E-state index is 13.0. The number of phenolic OH excluding ortho intramolecular Hbond substituents is 1. The van der Waals surface area contributed by atoms with Crippen molar-refractivity contribution < 1.29 is 76.7 Å². The number of ether oxygens (including phenoxy) is 5. The van der Waals surface area contributed by atoms with Crippen LogP contribution in [0.15, 0.2) is 36.4 Å². The Morgan fingerprint density at radius 3 is 1.41 bits per heavy atom. The maximum atomic E-state index is 13.0. The number of esters is 2. The van der Waals surface area contributed by atoms with Crippen LogP contribution >= 0.6 is 15.9 Å². The standard InChI is InChI=1S/C26H34N2O8.C13H25BrO3.C13H10N2O5.2CH4/c1-26(2,3)36-21(30)13-16-34-14-6-4-5-7-15-35-19-10-8-9-17-22(19)25(33)28(24(17)32)18-11-12-20(29)27-23(18)31;1-13(2,3)17-12(15)8-11-16-10-7-5-4-6-9-14;16-8-3-1-2-6-10(8)13(20)15(12(6)19)7-4-5-9(17)14-11(7)18;;/h8-10,18H,4-7,11-16H2,1-3H3,(H,27,29,31);4-11H2,1-3H3;1-3,7,16H,4-5H2,(H,14,17,18);2*1H4. The Labute approximate surface area is 448 Å². The maximum Gasteiger partial charge on any atom is 0.308 e. The Morgan fingerprint density at radius 1 is 0.573 bits per heavy atom. The van der Waals surface area contributed by atoms with Gasteiger partial charge >= 0.3 is 11.9 Å². The highest BCUT2D eigenvalue weighted by atomic mass is 79.9. The van der Waals surface area contributed by atoms with E-state index in [1.165, 1.54) is 43.5 Å². The molecule has 3 N–H and O–H groups in total. The number of phenols is 1. The number of hydrogen-bond donors (Lipinski definition) is 3. The number of amides is 8. The third-order valence-electron chi connectivity index (χ3n) is 11.2. The summed E-state index contributed by atoms with van der Waals surface area (Å²) >= 11 is 3.40. The number of imide groups is 4. The van der Waals surface area contributed by atoms with Crippen molar-refractivity contribution in [3.05, 3.63) is 58.7 Å². The molecule has 0 bridgehead atoms. The number of hydrogen-bond acceptors (Lipinski definition) is 16. The number of benzene rings is 2. The number of rotatable bonds is 22. The highest BCUT2D eigenvalue weighted by Gasteiger charge is 2.47. The first-order chi connectivity index (χ1) is 34.5. The van der Waals surface area contributed by atoms with Gasteiger partial charge in [0.15, 0.2) is 0 Å². The molecule has 0 radical (unpaired) electrons. The van der Waals surface area contributed by atoms with E-state index in [-0.39, 0.29) is 86.9 Å². The third kappa shape index (κ3) is 20.2. The molecule has 0 aromatic heterocycles. The summed E-state index contributed by atoms with van der Waals surface area (Å²) in [4.78, 5) is 122. The third-order valence-corrected chi connectivity index (χ3v) is 11.8. The van der Waals surface area contributed by atoms with Gasteiger partial charge in [0.05, 0.1) is 54.9 Å². The van der Waals surface area contributed by atoms with Crippen LogP contribution in [0, 0.1) is 0 Å². The minimum absolute atomic E-state index is 0. The molecule has 6 rings (SSSR count). The fourth-order valence-electron chi connectivity index (χ4n) is 7.90. The molecule has 20 nitrogen and oxygen atoms in total. The van der Waals surface area contributed by atoms with Gasteiger partial charge in [-0.25, -0.2) is 0 Å². The molecule has 8 amide bonds.